The minimum atomic E-state index is -0.521. The van der Waals surface area contributed by atoms with Crippen molar-refractivity contribution in [2.45, 2.75) is 12.6 Å². The molecule has 2 aromatic rings. The fourth-order valence-electron chi connectivity index (χ4n) is 2.99. The summed E-state index contributed by atoms with van der Waals surface area (Å²) in [7, 11) is 2.87. The number of aliphatic hydroxyl groups is 1. The number of esters is 1. The molecule has 0 saturated carbocycles. The lowest BCUT2D eigenvalue weighted by Crippen LogP contribution is -2.30. The van der Waals surface area contributed by atoms with Gasteiger partial charge in [0.2, 0.25) is 5.76 Å². The van der Waals surface area contributed by atoms with E-state index in [1.165, 1.54) is 7.11 Å². The molecule has 1 aromatic heterocycles. The highest BCUT2D eigenvalue weighted by Crippen LogP contribution is 2.31. The molecule has 7 heteroatoms. The number of methoxy groups -OCH3 is 2. The van der Waals surface area contributed by atoms with Crippen LogP contribution in [0.15, 0.2) is 22.6 Å². The third-order valence-corrected chi connectivity index (χ3v) is 4.37. The van der Waals surface area contributed by atoms with Gasteiger partial charge >= 0.3 is 5.97 Å². The van der Waals surface area contributed by atoms with Crippen molar-refractivity contribution in [3.05, 3.63) is 29.5 Å². The molecule has 7 nitrogen and oxygen atoms in total. The lowest BCUT2D eigenvalue weighted by molar-refractivity contribution is 0.0567. The van der Waals surface area contributed by atoms with Crippen LogP contribution in [0.1, 0.15) is 16.1 Å². The van der Waals surface area contributed by atoms with Crippen LogP contribution in [0.2, 0.25) is 0 Å². The first-order valence-electron chi connectivity index (χ1n) is 7.91. The first-order chi connectivity index (χ1) is 11.6. The zero-order valence-corrected chi connectivity index (χ0v) is 13.8. The Hall–Kier alpha value is -2.09. The number of fused-ring (bicyclic) bond motifs is 1. The van der Waals surface area contributed by atoms with Crippen LogP contribution in [0.25, 0.3) is 11.0 Å². The van der Waals surface area contributed by atoms with Gasteiger partial charge in [0.05, 0.1) is 20.3 Å². The number of carbonyl (C=O) groups is 1. The highest BCUT2D eigenvalue weighted by molar-refractivity contribution is 5.95. The number of nitrogens with one attached hydrogen (secondary N) is 2. The van der Waals surface area contributed by atoms with Gasteiger partial charge in [0.1, 0.15) is 0 Å². The second-order valence-corrected chi connectivity index (χ2v) is 5.89. The average Bonchev–Trinajstić information content (AvgIpc) is 3.21. The van der Waals surface area contributed by atoms with Crippen LogP contribution in [0.5, 0.6) is 5.75 Å². The van der Waals surface area contributed by atoms with Crippen molar-refractivity contribution >= 4 is 16.9 Å². The summed E-state index contributed by atoms with van der Waals surface area (Å²) in [6.07, 6.45) is -0.312. The van der Waals surface area contributed by atoms with Gasteiger partial charge in [-0.3, -0.25) is 0 Å². The molecule has 2 unspecified atom stereocenters. The first-order valence-corrected chi connectivity index (χ1v) is 7.91. The molecule has 2 atom stereocenters. The van der Waals surface area contributed by atoms with E-state index >= 15 is 0 Å². The first kappa shape index (κ1) is 16.8. The Bertz CT molecular complexity index is 727. The quantitative estimate of drug-likeness (QED) is 0.676. The van der Waals surface area contributed by atoms with E-state index in [9.17, 15) is 9.90 Å². The van der Waals surface area contributed by atoms with Crippen LogP contribution in [0, 0.1) is 5.92 Å². The van der Waals surface area contributed by atoms with Crippen molar-refractivity contribution in [3.8, 4) is 5.75 Å². The zero-order valence-electron chi connectivity index (χ0n) is 13.8. The number of hydrogen-bond acceptors (Lipinski definition) is 7. The van der Waals surface area contributed by atoms with Crippen LogP contribution in [-0.2, 0) is 11.3 Å². The Morgan fingerprint density at radius 1 is 1.42 bits per heavy atom. The molecule has 3 N–H and O–H groups in total. The summed E-state index contributed by atoms with van der Waals surface area (Å²) >= 11 is 0. The molecule has 0 amide bonds. The number of furan rings is 1. The highest BCUT2D eigenvalue weighted by Gasteiger charge is 2.24. The van der Waals surface area contributed by atoms with Gasteiger partial charge in [0.15, 0.2) is 11.3 Å². The third kappa shape index (κ3) is 3.24. The van der Waals surface area contributed by atoms with E-state index in [-0.39, 0.29) is 17.8 Å². The Labute approximate surface area is 139 Å². The number of benzene rings is 1. The molecular formula is C17H22N2O5. The van der Waals surface area contributed by atoms with Crippen molar-refractivity contribution in [3.63, 3.8) is 0 Å². The summed E-state index contributed by atoms with van der Waals surface area (Å²) in [5.41, 5.74) is 1.52. The van der Waals surface area contributed by atoms with Crippen molar-refractivity contribution in [2.75, 3.05) is 33.9 Å². The molecule has 3 rings (SSSR count). The van der Waals surface area contributed by atoms with E-state index in [1.54, 1.807) is 13.2 Å². The average molecular weight is 334 g/mol. The molecule has 0 bridgehead atoms. The zero-order chi connectivity index (χ0) is 17.1. The largest absolute Gasteiger partial charge is 0.493 e. The summed E-state index contributed by atoms with van der Waals surface area (Å²) in [5.74, 6) is 0.397. The molecule has 0 spiro atoms. The molecule has 1 aromatic carbocycles. The van der Waals surface area contributed by atoms with E-state index in [2.05, 4.69) is 10.6 Å². The summed E-state index contributed by atoms with van der Waals surface area (Å²) in [6, 6.07) is 5.43. The number of rotatable bonds is 6. The lowest BCUT2D eigenvalue weighted by Gasteiger charge is -2.14. The summed E-state index contributed by atoms with van der Waals surface area (Å²) in [4.78, 5) is 11.7. The normalized spacial score (nSPS) is 20.5. The topological polar surface area (TPSA) is 93.0 Å². The number of aliphatic hydroxyl groups excluding tert-OH is 1. The molecule has 0 aliphatic carbocycles. The van der Waals surface area contributed by atoms with E-state index in [1.807, 2.05) is 12.1 Å². The lowest BCUT2D eigenvalue weighted by atomic mass is 10.1. The molecule has 24 heavy (non-hydrogen) atoms. The van der Waals surface area contributed by atoms with Crippen molar-refractivity contribution in [1.82, 2.24) is 10.6 Å². The minimum absolute atomic E-state index is 0.147. The predicted molar refractivity (Wildman–Crippen MR) is 88.2 cm³/mol. The van der Waals surface area contributed by atoms with E-state index in [0.29, 0.717) is 31.0 Å². The summed E-state index contributed by atoms with van der Waals surface area (Å²) in [5, 5.41) is 17.2. The fourth-order valence-corrected chi connectivity index (χ4v) is 2.99. The van der Waals surface area contributed by atoms with Gasteiger partial charge in [-0.1, -0.05) is 6.07 Å². The second kappa shape index (κ2) is 7.21. The summed E-state index contributed by atoms with van der Waals surface area (Å²) in [6.45, 7) is 2.76. The Kier molecular flexibility index (Phi) is 5.03. The maximum atomic E-state index is 11.7. The maximum absolute atomic E-state index is 11.7. The molecule has 1 saturated heterocycles. The van der Waals surface area contributed by atoms with E-state index in [0.717, 1.165) is 17.5 Å². The monoisotopic (exact) mass is 334 g/mol. The Morgan fingerprint density at radius 3 is 2.92 bits per heavy atom. The molecule has 1 aliphatic heterocycles. The Morgan fingerprint density at radius 2 is 2.25 bits per heavy atom. The van der Waals surface area contributed by atoms with Crippen LogP contribution in [-0.4, -0.2) is 51.0 Å². The highest BCUT2D eigenvalue weighted by atomic mass is 16.5. The minimum Gasteiger partial charge on any atom is -0.493 e. The van der Waals surface area contributed by atoms with Gasteiger partial charge in [-0.05, 0) is 17.7 Å². The number of carbonyl (C=O) groups excluding carboxylic acids is 1. The van der Waals surface area contributed by atoms with Gasteiger partial charge in [-0.2, -0.15) is 0 Å². The maximum Gasteiger partial charge on any atom is 0.373 e. The van der Waals surface area contributed by atoms with E-state index < -0.39 is 5.97 Å². The third-order valence-electron chi connectivity index (χ3n) is 4.37. The predicted octanol–water partition coefficient (Wildman–Crippen LogP) is 0.898. The van der Waals surface area contributed by atoms with Gasteiger partial charge in [-0.25, -0.2) is 4.79 Å². The molecule has 130 valence electrons. The number of hydrogen-bond donors (Lipinski definition) is 3. The Balaban J connectivity index is 1.79. The van der Waals surface area contributed by atoms with Gasteiger partial charge in [-0.15, -0.1) is 0 Å². The van der Waals surface area contributed by atoms with Gasteiger partial charge < -0.3 is 29.6 Å². The van der Waals surface area contributed by atoms with Crippen molar-refractivity contribution in [2.24, 2.45) is 5.92 Å². The van der Waals surface area contributed by atoms with Crippen LogP contribution in [0.4, 0.5) is 0 Å². The fraction of sp³-hybridized carbons (Fsp3) is 0.471. The van der Waals surface area contributed by atoms with Gasteiger partial charge in [0.25, 0.3) is 0 Å². The molecule has 1 aliphatic rings. The van der Waals surface area contributed by atoms with E-state index in [4.69, 9.17) is 13.9 Å². The molecular weight excluding hydrogens is 312 g/mol. The van der Waals surface area contributed by atoms with Crippen LogP contribution < -0.4 is 15.4 Å². The summed E-state index contributed by atoms with van der Waals surface area (Å²) < 4.78 is 15.6. The van der Waals surface area contributed by atoms with Crippen molar-refractivity contribution < 1.29 is 23.8 Å². The number of β-amino-alcohol motifs (C(OH)–C–C–N with tert-alkyl or cyclic N) is 1. The molecule has 1 fully saturated rings. The van der Waals surface area contributed by atoms with Gasteiger partial charge in [0, 0.05) is 37.5 Å². The van der Waals surface area contributed by atoms with Crippen LogP contribution >= 0.6 is 0 Å². The standard InChI is InChI=1S/C17H22N2O5/c1-22-14-4-3-10(6-18-7-11-8-19-9-13(11)20)12-5-15(17(21)23-2)24-16(12)14/h3-5,11,13,18-20H,6-9H2,1-2H3. The van der Waals surface area contributed by atoms with Crippen molar-refractivity contribution in [1.29, 1.82) is 0 Å². The van der Waals surface area contributed by atoms with Crippen LogP contribution in [0.3, 0.4) is 0 Å². The smallest absolute Gasteiger partial charge is 0.373 e. The molecule has 2 heterocycles. The SMILES string of the molecule is COC(=O)c1cc2c(CNCC3CNCC3O)ccc(OC)c2o1. The number of ether oxygens (including phenoxy) is 2. The second-order valence-electron chi connectivity index (χ2n) is 5.89. The molecule has 0 radical (unpaired) electrons.